The van der Waals surface area contributed by atoms with Crippen molar-refractivity contribution in [3.05, 3.63) is 58.5 Å². The summed E-state index contributed by atoms with van der Waals surface area (Å²) >= 11 is 0. The third kappa shape index (κ3) is 5.52. The number of aryl methyl sites for hydroxylation is 1. The molecule has 0 saturated heterocycles. The number of nitrogens with one attached hydrogen (secondary N) is 2. The number of carbonyl (C=O) groups is 2. The summed E-state index contributed by atoms with van der Waals surface area (Å²) in [6.45, 7) is 2.37. The summed E-state index contributed by atoms with van der Waals surface area (Å²) in [7, 11) is 0. The molecule has 2 amide bonds. The van der Waals surface area contributed by atoms with Crippen LogP contribution in [0.25, 0.3) is 0 Å². The Kier molecular flexibility index (Phi) is 6.57. The van der Waals surface area contributed by atoms with Gasteiger partial charge in [-0.25, -0.2) is 4.68 Å². The smallest absolute Gasteiger partial charge is 0.276 e. The second kappa shape index (κ2) is 9.30. The van der Waals surface area contributed by atoms with E-state index >= 15 is 0 Å². The second-order valence-electron chi connectivity index (χ2n) is 7.37. The molecule has 148 valence electrons. The number of para-hydroxylation sites is 1. The van der Waals surface area contributed by atoms with E-state index in [1.54, 1.807) is 12.1 Å². The highest BCUT2D eigenvalue weighted by Crippen LogP contribution is 2.23. The van der Waals surface area contributed by atoms with Crippen molar-refractivity contribution >= 4 is 17.5 Å². The molecule has 1 heterocycles. The molecule has 3 rings (SSSR count). The van der Waals surface area contributed by atoms with Gasteiger partial charge in [0.15, 0.2) is 0 Å². The maximum atomic E-state index is 12.3. The Balaban J connectivity index is 1.56. The summed E-state index contributed by atoms with van der Waals surface area (Å²) < 4.78 is 1.17. The van der Waals surface area contributed by atoms with Crippen LogP contribution >= 0.6 is 0 Å². The van der Waals surface area contributed by atoms with E-state index in [1.165, 1.54) is 16.8 Å². The molecule has 1 aliphatic carbocycles. The van der Waals surface area contributed by atoms with Crippen molar-refractivity contribution in [1.82, 2.24) is 15.1 Å². The van der Waals surface area contributed by atoms with Crippen LogP contribution in [0.2, 0.25) is 0 Å². The molecule has 1 saturated carbocycles. The molecule has 0 atom stereocenters. The minimum atomic E-state index is -0.402. The van der Waals surface area contributed by atoms with E-state index in [0.29, 0.717) is 5.69 Å². The molecule has 1 aliphatic rings. The molecule has 7 heteroatoms. The molecule has 1 aromatic heterocycles. The fourth-order valence-corrected chi connectivity index (χ4v) is 3.36. The average Bonchev–Trinajstić information content (AvgIpc) is 2.70. The van der Waals surface area contributed by atoms with Crippen molar-refractivity contribution in [2.45, 2.75) is 51.6 Å². The molecule has 2 aromatic rings. The highest BCUT2D eigenvalue weighted by Gasteiger charge is 2.19. The van der Waals surface area contributed by atoms with Crippen LogP contribution in [0.5, 0.6) is 0 Å². The lowest BCUT2D eigenvalue weighted by Crippen LogP contribution is -2.38. The zero-order valence-electron chi connectivity index (χ0n) is 16.1. The van der Waals surface area contributed by atoms with Crippen LogP contribution in [0.4, 0.5) is 5.69 Å². The predicted octanol–water partition coefficient (Wildman–Crippen LogP) is 2.58. The van der Waals surface area contributed by atoms with Crippen LogP contribution in [0.1, 0.15) is 49.5 Å². The van der Waals surface area contributed by atoms with Crippen molar-refractivity contribution in [2.24, 2.45) is 5.92 Å². The van der Waals surface area contributed by atoms with Gasteiger partial charge >= 0.3 is 0 Å². The predicted molar refractivity (Wildman–Crippen MR) is 107 cm³/mol. The van der Waals surface area contributed by atoms with Crippen LogP contribution in [0.3, 0.4) is 0 Å². The number of rotatable bonds is 6. The van der Waals surface area contributed by atoms with Gasteiger partial charge in [0.05, 0.1) is 6.54 Å². The monoisotopic (exact) mass is 382 g/mol. The molecule has 1 fully saturated rings. The fourth-order valence-electron chi connectivity index (χ4n) is 3.36. The molecule has 28 heavy (non-hydrogen) atoms. The van der Waals surface area contributed by atoms with Crippen molar-refractivity contribution in [3.63, 3.8) is 0 Å². The Bertz CT molecular complexity index is 871. The highest BCUT2D eigenvalue weighted by molar-refractivity contribution is 6.02. The van der Waals surface area contributed by atoms with Crippen molar-refractivity contribution in [1.29, 1.82) is 0 Å². The number of nitrogens with zero attached hydrogens (tertiary/aromatic N) is 2. The lowest BCUT2D eigenvalue weighted by molar-refractivity contribution is -0.122. The third-order valence-corrected chi connectivity index (χ3v) is 5.06. The number of hydrogen-bond donors (Lipinski definition) is 2. The number of benzene rings is 1. The van der Waals surface area contributed by atoms with Gasteiger partial charge in [0.1, 0.15) is 5.69 Å². The van der Waals surface area contributed by atoms with Crippen LogP contribution in [0.15, 0.2) is 47.3 Å². The van der Waals surface area contributed by atoms with Gasteiger partial charge in [-0.2, -0.15) is 5.10 Å². The van der Waals surface area contributed by atoms with Gasteiger partial charge < -0.3 is 10.6 Å². The summed E-state index contributed by atoms with van der Waals surface area (Å²) in [4.78, 5) is 36.6. The Morgan fingerprint density at radius 2 is 1.79 bits per heavy atom. The van der Waals surface area contributed by atoms with Crippen LogP contribution < -0.4 is 16.2 Å². The van der Waals surface area contributed by atoms with Gasteiger partial charge in [0.25, 0.3) is 11.5 Å². The number of anilines is 1. The average molecular weight is 382 g/mol. The molecular formula is C21H26N4O3. The fraction of sp³-hybridized carbons (Fsp3) is 0.429. The summed E-state index contributed by atoms with van der Waals surface area (Å²) in [5.74, 6) is 0.230. The number of hydrogen-bond acceptors (Lipinski definition) is 4. The minimum absolute atomic E-state index is 0.0904. The van der Waals surface area contributed by atoms with E-state index in [9.17, 15) is 14.4 Å². The Labute approximate surface area is 164 Å². The first-order valence-corrected chi connectivity index (χ1v) is 9.75. The second-order valence-corrected chi connectivity index (χ2v) is 7.37. The third-order valence-electron chi connectivity index (χ3n) is 5.06. The first-order chi connectivity index (χ1) is 13.5. The number of aromatic nitrogens is 2. The molecule has 0 radical (unpaired) electrons. The van der Waals surface area contributed by atoms with E-state index < -0.39 is 5.91 Å². The summed E-state index contributed by atoms with van der Waals surface area (Å²) in [5.41, 5.74) is 0.439. The van der Waals surface area contributed by atoms with E-state index in [0.717, 1.165) is 31.6 Å². The first-order valence-electron chi connectivity index (χ1n) is 9.75. The SMILES string of the molecule is CC1CCC(NC(=O)CCn2nc(C(=O)Nc3ccccc3)ccc2=O)CC1. The zero-order chi connectivity index (χ0) is 19.9. The van der Waals surface area contributed by atoms with Gasteiger partial charge in [-0.15, -0.1) is 0 Å². The molecule has 0 unspecified atom stereocenters. The quantitative estimate of drug-likeness (QED) is 0.803. The molecule has 0 bridgehead atoms. The molecule has 0 aliphatic heterocycles. The van der Waals surface area contributed by atoms with Gasteiger partial charge in [0.2, 0.25) is 5.91 Å². The maximum Gasteiger partial charge on any atom is 0.276 e. The van der Waals surface area contributed by atoms with E-state index in [4.69, 9.17) is 0 Å². The zero-order valence-corrected chi connectivity index (χ0v) is 16.1. The van der Waals surface area contributed by atoms with Gasteiger partial charge in [-0.1, -0.05) is 25.1 Å². The van der Waals surface area contributed by atoms with Crippen molar-refractivity contribution in [2.75, 3.05) is 5.32 Å². The van der Waals surface area contributed by atoms with Crippen LogP contribution in [0, 0.1) is 5.92 Å². The summed E-state index contributed by atoms with van der Waals surface area (Å²) in [5, 5.41) is 9.88. The van der Waals surface area contributed by atoms with Gasteiger partial charge in [0, 0.05) is 24.2 Å². The minimum Gasteiger partial charge on any atom is -0.353 e. The summed E-state index contributed by atoms with van der Waals surface area (Å²) in [6, 6.07) is 11.9. The van der Waals surface area contributed by atoms with E-state index in [2.05, 4.69) is 22.7 Å². The standard InChI is InChI=1S/C21H26N4O3/c1-15-7-9-17(10-8-15)22-19(26)13-14-25-20(27)12-11-18(24-25)21(28)23-16-5-3-2-4-6-16/h2-6,11-12,15,17H,7-10,13-14H2,1H3,(H,22,26)(H,23,28). The lowest BCUT2D eigenvalue weighted by Gasteiger charge is -2.26. The highest BCUT2D eigenvalue weighted by atomic mass is 16.2. The lowest BCUT2D eigenvalue weighted by atomic mass is 9.87. The summed E-state index contributed by atoms with van der Waals surface area (Å²) in [6.07, 6.45) is 4.41. The Morgan fingerprint density at radius 1 is 1.07 bits per heavy atom. The normalized spacial score (nSPS) is 19.0. The van der Waals surface area contributed by atoms with Crippen molar-refractivity contribution in [3.8, 4) is 0 Å². The van der Waals surface area contributed by atoms with Crippen LogP contribution in [-0.2, 0) is 11.3 Å². The number of carbonyl (C=O) groups excluding carboxylic acids is 2. The van der Waals surface area contributed by atoms with Gasteiger partial charge in [-0.3, -0.25) is 14.4 Å². The van der Waals surface area contributed by atoms with E-state index in [-0.39, 0.29) is 36.2 Å². The first kappa shape index (κ1) is 19.8. The molecule has 2 N–H and O–H groups in total. The molecular weight excluding hydrogens is 356 g/mol. The number of amides is 2. The maximum absolute atomic E-state index is 12.3. The topological polar surface area (TPSA) is 93.1 Å². The molecule has 7 nitrogen and oxygen atoms in total. The van der Waals surface area contributed by atoms with E-state index in [1.807, 2.05) is 18.2 Å². The largest absolute Gasteiger partial charge is 0.353 e. The van der Waals surface area contributed by atoms with Crippen LogP contribution in [-0.4, -0.2) is 27.6 Å². The van der Waals surface area contributed by atoms with Gasteiger partial charge in [-0.05, 0) is 49.8 Å². The molecule has 1 aromatic carbocycles. The Morgan fingerprint density at radius 3 is 2.50 bits per heavy atom. The van der Waals surface area contributed by atoms with Crippen molar-refractivity contribution < 1.29 is 9.59 Å². The Hall–Kier alpha value is -2.96. The molecule has 0 spiro atoms.